The average molecular weight is 1080 g/mol. The van der Waals surface area contributed by atoms with Crippen LogP contribution in [0.5, 0.6) is 5.75 Å². The number of benzene rings is 5. The van der Waals surface area contributed by atoms with E-state index in [0.29, 0.717) is 28.1 Å². The highest BCUT2D eigenvalue weighted by Gasteiger charge is 2.56. The van der Waals surface area contributed by atoms with Gasteiger partial charge in [0.1, 0.15) is 5.75 Å². The van der Waals surface area contributed by atoms with Crippen molar-refractivity contribution in [2.45, 2.75) is 131 Å². The molecule has 4 spiro atoms. The monoisotopic (exact) mass is 1080 g/mol. The quantitative estimate of drug-likeness (QED) is 0.0678. The van der Waals surface area contributed by atoms with Gasteiger partial charge in [0, 0.05) is 82.1 Å². The molecule has 15 rings (SSSR count). The summed E-state index contributed by atoms with van der Waals surface area (Å²) in [5.41, 5.74) is 8.08. The van der Waals surface area contributed by atoms with E-state index in [0.717, 1.165) is 117 Å². The zero-order valence-corrected chi connectivity index (χ0v) is 44.9. The summed E-state index contributed by atoms with van der Waals surface area (Å²) in [5, 5.41) is 41.2. The van der Waals surface area contributed by atoms with Gasteiger partial charge in [-0.05, 0) is 148 Å². The highest BCUT2D eigenvalue weighted by atomic mass is 16.6. The minimum Gasteiger partial charge on any atom is -0.410 e. The minimum absolute atomic E-state index is 0.0479. The highest BCUT2D eigenvalue weighted by molar-refractivity contribution is 5.95. The SMILES string of the molecule is O=C(NC1CC2(C1)CC(c1n[nH]c(=O)c3ccccc13)C2)N1CC2(CCNCC2)c2ccccc21.O=C(NC1CC2(C1)CC(c1n[nH]c(=O)c3ccccc13)C2)Oc1ccc([N+](=O)[O-])cc1.c1ccc2c(c1)NCC21CCCCC1. The number of nitrogens with one attached hydrogen (secondary N) is 6. The van der Waals surface area contributed by atoms with Crippen LogP contribution in [0.2, 0.25) is 0 Å². The number of aromatic amines is 2. The van der Waals surface area contributed by atoms with E-state index in [1.807, 2.05) is 59.5 Å². The number of nitro groups is 1. The molecule has 5 heterocycles. The third kappa shape index (κ3) is 9.56. The van der Waals surface area contributed by atoms with E-state index < -0.39 is 11.0 Å². The van der Waals surface area contributed by atoms with Crippen molar-refractivity contribution in [3.8, 4) is 5.75 Å². The second-order valence-corrected chi connectivity index (χ2v) is 24.5. The first-order valence-electron chi connectivity index (χ1n) is 28.8. The lowest BCUT2D eigenvalue weighted by atomic mass is 9.49. The Hall–Kier alpha value is -7.92. The molecule has 412 valence electrons. The number of H-pyrrole nitrogens is 2. The molecule has 80 heavy (non-hydrogen) atoms. The number of hydrogen-bond acceptors (Lipinski definition) is 11. The van der Waals surface area contributed by atoms with Gasteiger partial charge in [0.2, 0.25) is 0 Å². The van der Waals surface area contributed by atoms with Crippen molar-refractivity contribution in [3.05, 3.63) is 175 Å². The van der Waals surface area contributed by atoms with Crippen LogP contribution in [0.25, 0.3) is 21.5 Å². The van der Waals surface area contributed by atoms with Crippen LogP contribution < -0.4 is 42.0 Å². The van der Waals surface area contributed by atoms with Gasteiger partial charge >= 0.3 is 12.1 Å². The lowest BCUT2D eigenvalue weighted by molar-refractivity contribution is -0.384. The number of carbonyl (C=O) groups is 2. The standard InChI is InChI=1S/C28H31N5O2.C22H20N4O5.C13H17N/c34-25-21-6-2-1-5-20(21)24(31-32-25)18-13-27(14-18)15-19(16-27)30-26(35)33-17-28(9-11-29-12-10-28)22-7-3-4-8-23(22)33;27-20-18-4-2-1-3-17(18)19(24-25-20)13-9-22(10-13)11-14(12-22)23-21(28)31-16-7-5-15(6-8-16)26(29)30;1-4-8-13(9-5-1)10-14-12-7-3-2-6-11(12)13/h1-8,18-19,29H,9-17H2,(H,30,35)(H,32,34);1-8,13-14H,9-12H2,(H,23,28)(H,25,27);2-3,6-7,14H,1,4-5,8-10H2. The first-order chi connectivity index (χ1) is 38.9. The Balaban J connectivity index is 0.000000123. The summed E-state index contributed by atoms with van der Waals surface area (Å²) in [6, 6.07) is 38.3. The molecule has 7 aromatic rings. The van der Waals surface area contributed by atoms with E-state index in [4.69, 9.17) is 4.74 Å². The number of amides is 3. The predicted octanol–water partition coefficient (Wildman–Crippen LogP) is 10.8. The van der Waals surface area contributed by atoms with E-state index in [1.54, 1.807) is 5.56 Å². The normalized spacial score (nSPS) is 25.9. The molecule has 0 unspecified atom stereocenters. The molecule has 5 aromatic carbocycles. The summed E-state index contributed by atoms with van der Waals surface area (Å²) < 4.78 is 5.21. The zero-order chi connectivity index (χ0) is 54.6. The molecule has 3 amide bonds. The number of ether oxygens (including phenoxy) is 1. The van der Waals surface area contributed by atoms with E-state index >= 15 is 0 Å². The number of carbonyl (C=O) groups excluding carboxylic acids is 2. The lowest BCUT2D eigenvalue weighted by Crippen LogP contribution is -2.58. The first-order valence-corrected chi connectivity index (χ1v) is 28.8. The Labute approximate surface area is 463 Å². The van der Waals surface area contributed by atoms with Crippen LogP contribution in [0.4, 0.5) is 26.7 Å². The second-order valence-electron chi connectivity index (χ2n) is 24.5. The number of piperidine rings is 1. The zero-order valence-electron chi connectivity index (χ0n) is 44.9. The van der Waals surface area contributed by atoms with Gasteiger partial charge in [0.15, 0.2) is 0 Å². The number of non-ortho nitro benzene ring substituents is 1. The van der Waals surface area contributed by atoms with Gasteiger partial charge in [-0.1, -0.05) is 92.1 Å². The molecule has 8 aliphatic rings. The van der Waals surface area contributed by atoms with Crippen molar-refractivity contribution in [1.82, 2.24) is 36.3 Å². The molecule has 17 heteroatoms. The van der Waals surface area contributed by atoms with E-state index in [2.05, 4.69) is 84.1 Å². The van der Waals surface area contributed by atoms with Crippen molar-refractivity contribution in [2.75, 3.05) is 36.4 Å². The Bertz CT molecular complexity index is 3610. The lowest BCUT2D eigenvalue weighted by Gasteiger charge is -2.57. The molecular formula is C63H68N10O7. The van der Waals surface area contributed by atoms with Crippen LogP contribution in [-0.2, 0) is 10.8 Å². The molecule has 3 aliphatic heterocycles. The number of urea groups is 1. The summed E-state index contributed by atoms with van der Waals surface area (Å²) in [7, 11) is 0. The molecule has 6 N–H and O–H groups in total. The maximum Gasteiger partial charge on any atom is 0.412 e. The molecule has 17 nitrogen and oxygen atoms in total. The van der Waals surface area contributed by atoms with Gasteiger partial charge in [-0.2, -0.15) is 10.2 Å². The van der Waals surface area contributed by atoms with Crippen molar-refractivity contribution in [2.24, 2.45) is 10.8 Å². The molecule has 5 saturated carbocycles. The van der Waals surface area contributed by atoms with Gasteiger partial charge in [0.25, 0.3) is 16.8 Å². The van der Waals surface area contributed by atoms with Crippen LogP contribution in [-0.4, -0.2) is 75.7 Å². The van der Waals surface area contributed by atoms with Gasteiger partial charge in [-0.25, -0.2) is 19.8 Å². The van der Waals surface area contributed by atoms with Gasteiger partial charge in [-0.3, -0.25) is 24.6 Å². The fourth-order valence-corrected chi connectivity index (χ4v) is 15.6. The summed E-state index contributed by atoms with van der Waals surface area (Å²) in [4.78, 5) is 61.7. The third-order valence-electron chi connectivity index (χ3n) is 19.5. The maximum atomic E-state index is 13.4. The molecule has 1 saturated heterocycles. The van der Waals surface area contributed by atoms with Gasteiger partial charge in [-0.15, -0.1) is 0 Å². The van der Waals surface area contributed by atoms with Crippen LogP contribution in [0.1, 0.15) is 131 Å². The number of anilines is 2. The van der Waals surface area contributed by atoms with E-state index in [-0.39, 0.29) is 51.5 Å². The summed E-state index contributed by atoms with van der Waals surface area (Å²) >= 11 is 0. The molecule has 0 bridgehead atoms. The number of nitro benzene ring substituents is 1. The summed E-state index contributed by atoms with van der Waals surface area (Å²) in [6.45, 7) is 3.97. The number of aromatic nitrogens is 4. The Morgan fingerprint density at radius 3 is 1.71 bits per heavy atom. The fraction of sp³-hybridized carbons (Fsp3) is 0.429. The van der Waals surface area contributed by atoms with E-state index in [1.165, 1.54) is 74.2 Å². The molecule has 2 aromatic heterocycles. The number of hydrogen-bond donors (Lipinski definition) is 6. The van der Waals surface area contributed by atoms with Crippen molar-refractivity contribution < 1.29 is 19.2 Å². The van der Waals surface area contributed by atoms with E-state index in [9.17, 15) is 29.3 Å². The van der Waals surface area contributed by atoms with Crippen LogP contribution in [0.3, 0.4) is 0 Å². The smallest absolute Gasteiger partial charge is 0.410 e. The number of para-hydroxylation sites is 2. The molecular weight excluding hydrogens is 1010 g/mol. The summed E-state index contributed by atoms with van der Waals surface area (Å²) in [5.74, 6) is 0.935. The fourth-order valence-electron chi connectivity index (χ4n) is 15.6. The minimum atomic E-state index is -0.558. The topological polar surface area (TPSA) is 229 Å². The van der Waals surface area contributed by atoms with Crippen molar-refractivity contribution >= 4 is 50.7 Å². The first kappa shape index (κ1) is 51.5. The highest BCUT2D eigenvalue weighted by Crippen LogP contribution is 2.63. The van der Waals surface area contributed by atoms with Crippen LogP contribution >= 0.6 is 0 Å². The molecule has 6 fully saturated rings. The largest absolute Gasteiger partial charge is 0.412 e. The maximum absolute atomic E-state index is 13.4. The molecule has 5 aliphatic carbocycles. The Morgan fingerprint density at radius 2 is 1.12 bits per heavy atom. The average Bonchev–Trinajstić information content (AvgIpc) is 3.98. The predicted molar refractivity (Wildman–Crippen MR) is 308 cm³/mol. The number of fused-ring (bicyclic) bond motifs is 6. The third-order valence-corrected chi connectivity index (χ3v) is 19.5. The van der Waals surface area contributed by atoms with Crippen molar-refractivity contribution in [3.63, 3.8) is 0 Å². The van der Waals surface area contributed by atoms with Gasteiger partial charge in [0.05, 0.1) is 27.1 Å². The van der Waals surface area contributed by atoms with Crippen LogP contribution in [0, 0.1) is 20.9 Å². The molecule has 0 atom stereocenters. The Kier molecular flexibility index (Phi) is 13.3. The van der Waals surface area contributed by atoms with Gasteiger partial charge < -0.3 is 26.0 Å². The Morgan fingerprint density at radius 1 is 0.600 bits per heavy atom. The second kappa shape index (κ2) is 20.6. The van der Waals surface area contributed by atoms with Crippen LogP contribution in [0.15, 0.2) is 131 Å². The summed E-state index contributed by atoms with van der Waals surface area (Å²) in [6.07, 6.45) is 16.5. The number of nitrogens with zero attached hydrogens (tertiary/aromatic N) is 4. The molecule has 0 radical (unpaired) electrons. The number of rotatable bonds is 6. The van der Waals surface area contributed by atoms with Crippen molar-refractivity contribution in [1.29, 1.82) is 0 Å².